The number of hydrogen-bond donors (Lipinski definition) is 3. The van der Waals surface area contributed by atoms with Gasteiger partial charge in [0.1, 0.15) is 18.1 Å². The predicted molar refractivity (Wildman–Crippen MR) is 133 cm³/mol. The Labute approximate surface area is 220 Å². The first-order valence-electron chi connectivity index (χ1n) is 13.6. The summed E-state index contributed by atoms with van der Waals surface area (Å²) >= 11 is 0. The number of hydrogen-bond acceptors (Lipinski definition) is 6. The fourth-order valence-corrected chi connectivity index (χ4v) is 6.36. The van der Waals surface area contributed by atoms with E-state index in [0.29, 0.717) is 37.4 Å². The summed E-state index contributed by atoms with van der Waals surface area (Å²) in [5, 5.41) is 22.5. The summed E-state index contributed by atoms with van der Waals surface area (Å²) in [6.45, 7) is 0.575. The number of aryl methyl sites for hydroxylation is 1. The van der Waals surface area contributed by atoms with E-state index in [1.807, 2.05) is 6.07 Å². The monoisotopic (exact) mass is 531 g/mol. The Bertz CT molecular complexity index is 1110. The lowest BCUT2D eigenvalue weighted by Gasteiger charge is -2.54. The molecule has 3 amide bonds. The Morgan fingerprint density at radius 2 is 2.05 bits per heavy atom. The van der Waals surface area contributed by atoms with Crippen molar-refractivity contribution in [1.29, 1.82) is 5.26 Å². The fraction of sp³-hybridized carbons (Fsp3) is 0.731. The van der Waals surface area contributed by atoms with Crippen LogP contribution in [0.5, 0.6) is 0 Å². The third-order valence-corrected chi connectivity index (χ3v) is 8.46. The normalized spacial score (nSPS) is 29.6. The molecule has 5 aliphatic rings. The molecule has 0 spiro atoms. The highest BCUT2D eigenvalue weighted by molar-refractivity contribution is 5.92. The van der Waals surface area contributed by atoms with Gasteiger partial charge in [0.2, 0.25) is 17.7 Å². The quantitative estimate of drug-likeness (QED) is 0.446. The standard InChI is InChI=1S/C26H35F2N7O3/c1-34-14-18(13-31-34)32-21(9-15-4-5-15)25(38)35-19-6-7-20(26(27,28)11-19)22(35)24(37)33-17(12-29)10-16-3-2-8-30-23(16)36/h13-17,19-22,32H,2-11H2,1H3,(H,30,36)(H,33,37)/t16-,17-,19+,20+,21+,22+/m1/s1. The number of aromatic nitrogens is 2. The third kappa shape index (κ3) is 5.47. The first kappa shape index (κ1) is 26.4. The number of nitrogens with zero attached hydrogens (tertiary/aromatic N) is 4. The highest BCUT2D eigenvalue weighted by atomic mass is 19.3. The Balaban J connectivity index is 1.37. The molecule has 38 heavy (non-hydrogen) atoms. The maximum Gasteiger partial charge on any atom is 0.255 e. The summed E-state index contributed by atoms with van der Waals surface area (Å²) in [6, 6.07) is -1.81. The zero-order valence-corrected chi connectivity index (χ0v) is 21.5. The third-order valence-electron chi connectivity index (χ3n) is 8.46. The molecule has 10 nitrogen and oxygen atoms in total. The zero-order valence-electron chi connectivity index (χ0n) is 21.5. The smallest absolute Gasteiger partial charge is 0.255 e. The summed E-state index contributed by atoms with van der Waals surface area (Å²) in [5.41, 5.74) is 0.648. The van der Waals surface area contributed by atoms with Gasteiger partial charge in [0.15, 0.2) is 0 Å². The van der Waals surface area contributed by atoms with E-state index in [1.54, 1.807) is 24.1 Å². The van der Waals surface area contributed by atoms with E-state index < -0.39 is 54.3 Å². The molecule has 1 aromatic rings. The molecule has 206 valence electrons. The van der Waals surface area contributed by atoms with Gasteiger partial charge in [-0.3, -0.25) is 19.1 Å². The lowest BCUT2D eigenvalue weighted by Crippen LogP contribution is -2.70. The van der Waals surface area contributed by atoms with Gasteiger partial charge in [-0.25, -0.2) is 8.78 Å². The Hall–Kier alpha value is -3.23. The second kappa shape index (κ2) is 10.5. The number of carbonyl (C=O) groups is 3. The van der Waals surface area contributed by atoms with Crippen molar-refractivity contribution < 1.29 is 23.2 Å². The van der Waals surface area contributed by atoms with Gasteiger partial charge >= 0.3 is 0 Å². The van der Waals surface area contributed by atoms with Crippen molar-refractivity contribution in [2.45, 2.75) is 87.9 Å². The van der Waals surface area contributed by atoms with Crippen LogP contribution in [0.15, 0.2) is 12.4 Å². The summed E-state index contributed by atoms with van der Waals surface area (Å²) in [7, 11) is 1.76. The number of halogens is 2. The molecule has 2 saturated carbocycles. The molecule has 4 heterocycles. The van der Waals surface area contributed by atoms with Crippen LogP contribution in [0.1, 0.15) is 57.8 Å². The van der Waals surface area contributed by atoms with Gasteiger partial charge in [-0.1, -0.05) is 12.8 Å². The average Bonchev–Trinajstić information content (AvgIpc) is 3.61. The van der Waals surface area contributed by atoms with Gasteiger partial charge in [-0.15, -0.1) is 0 Å². The van der Waals surface area contributed by atoms with Crippen LogP contribution >= 0.6 is 0 Å². The van der Waals surface area contributed by atoms with Crippen LogP contribution in [0.25, 0.3) is 0 Å². The molecule has 0 radical (unpaired) electrons. The van der Waals surface area contributed by atoms with Crippen molar-refractivity contribution >= 4 is 23.4 Å². The van der Waals surface area contributed by atoms with Crippen LogP contribution in [0.3, 0.4) is 0 Å². The largest absolute Gasteiger partial charge is 0.371 e. The fourth-order valence-electron chi connectivity index (χ4n) is 6.36. The van der Waals surface area contributed by atoms with Crippen LogP contribution in [0.4, 0.5) is 14.5 Å². The van der Waals surface area contributed by atoms with Crippen LogP contribution in [-0.2, 0) is 21.4 Å². The summed E-state index contributed by atoms with van der Waals surface area (Å²) in [6.07, 6.45) is 7.44. The molecular formula is C26H35F2N7O3. The van der Waals surface area contributed by atoms with Crippen LogP contribution in [0, 0.1) is 29.1 Å². The SMILES string of the molecule is Cn1cc(N[C@@H](CC2CC2)C(=O)N2[C@H]3CC[C@@H]([C@H]2C(=O)N[C@@H](C#N)C[C@H]2CCCNC2=O)C(F)(F)C3)cn1. The van der Waals surface area contributed by atoms with Gasteiger partial charge in [-0.2, -0.15) is 10.4 Å². The number of alkyl halides is 2. The van der Waals surface area contributed by atoms with E-state index in [2.05, 4.69) is 21.0 Å². The molecule has 1 aromatic heterocycles. The summed E-state index contributed by atoms with van der Waals surface area (Å²) < 4.78 is 31.8. The minimum Gasteiger partial charge on any atom is -0.371 e. The first-order chi connectivity index (χ1) is 18.2. The molecule has 2 aliphatic carbocycles. The molecule has 12 heteroatoms. The molecule has 6 rings (SSSR count). The Morgan fingerprint density at radius 1 is 1.26 bits per heavy atom. The zero-order chi connectivity index (χ0) is 27.0. The number of carbonyl (C=O) groups excluding carboxylic acids is 3. The van der Waals surface area contributed by atoms with E-state index in [0.717, 1.165) is 19.3 Å². The van der Waals surface area contributed by atoms with E-state index >= 15 is 8.78 Å². The molecule has 0 unspecified atom stereocenters. The van der Waals surface area contributed by atoms with Crippen molar-refractivity contribution in [2.75, 3.05) is 11.9 Å². The summed E-state index contributed by atoms with van der Waals surface area (Å²) in [4.78, 5) is 41.1. The molecule has 3 saturated heterocycles. The minimum absolute atomic E-state index is 0.103. The molecule has 2 bridgehead atoms. The lowest BCUT2D eigenvalue weighted by molar-refractivity contribution is -0.194. The first-order valence-corrected chi connectivity index (χ1v) is 13.6. The Kier molecular flexibility index (Phi) is 7.29. The van der Waals surface area contributed by atoms with E-state index in [-0.39, 0.29) is 24.7 Å². The van der Waals surface area contributed by atoms with Crippen LogP contribution in [-0.4, -0.2) is 69.0 Å². The van der Waals surface area contributed by atoms with Crippen molar-refractivity contribution in [3.8, 4) is 6.07 Å². The van der Waals surface area contributed by atoms with Gasteiger partial charge in [0, 0.05) is 38.2 Å². The number of nitrogens with one attached hydrogen (secondary N) is 3. The van der Waals surface area contributed by atoms with Crippen molar-refractivity contribution in [2.24, 2.45) is 24.8 Å². The van der Waals surface area contributed by atoms with Gasteiger partial charge < -0.3 is 20.9 Å². The number of fused-ring (bicyclic) bond motifs is 3. The van der Waals surface area contributed by atoms with Crippen LogP contribution in [0.2, 0.25) is 0 Å². The van der Waals surface area contributed by atoms with Gasteiger partial charge in [0.25, 0.3) is 5.92 Å². The molecule has 3 aliphatic heterocycles. The molecule has 5 fully saturated rings. The van der Waals surface area contributed by atoms with Crippen molar-refractivity contribution in [3.63, 3.8) is 0 Å². The molecular weight excluding hydrogens is 496 g/mol. The second-order valence-corrected chi connectivity index (χ2v) is 11.3. The maximum absolute atomic E-state index is 15.1. The molecule has 3 N–H and O–H groups in total. The maximum atomic E-state index is 15.1. The average molecular weight is 532 g/mol. The van der Waals surface area contributed by atoms with E-state index in [9.17, 15) is 19.6 Å². The number of anilines is 1. The second-order valence-electron chi connectivity index (χ2n) is 11.3. The number of amides is 3. The lowest BCUT2D eigenvalue weighted by atomic mass is 9.71. The van der Waals surface area contributed by atoms with Crippen LogP contribution < -0.4 is 16.0 Å². The molecule has 0 aromatic carbocycles. The van der Waals surface area contributed by atoms with Crippen molar-refractivity contribution in [3.05, 3.63) is 12.4 Å². The van der Waals surface area contributed by atoms with E-state index in [4.69, 9.17) is 0 Å². The highest BCUT2D eigenvalue weighted by Gasteiger charge is 2.61. The predicted octanol–water partition coefficient (Wildman–Crippen LogP) is 1.94. The minimum atomic E-state index is -3.09. The number of piperidine rings is 3. The summed E-state index contributed by atoms with van der Waals surface area (Å²) in [5.74, 6) is -5.76. The number of nitriles is 1. The number of rotatable bonds is 9. The van der Waals surface area contributed by atoms with Crippen molar-refractivity contribution in [1.82, 2.24) is 25.3 Å². The molecule has 6 atom stereocenters. The van der Waals surface area contributed by atoms with Gasteiger partial charge in [0.05, 0.1) is 23.9 Å². The Morgan fingerprint density at radius 3 is 2.68 bits per heavy atom. The van der Waals surface area contributed by atoms with E-state index in [1.165, 1.54) is 4.90 Å². The topological polar surface area (TPSA) is 132 Å². The van der Waals surface area contributed by atoms with Gasteiger partial charge in [-0.05, 0) is 44.4 Å². The highest BCUT2D eigenvalue weighted by Crippen LogP contribution is 2.49.